The summed E-state index contributed by atoms with van der Waals surface area (Å²) in [5, 5.41) is 22.0. The van der Waals surface area contributed by atoms with Crippen LogP contribution in [0.5, 0.6) is 0 Å². The van der Waals surface area contributed by atoms with E-state index in [4.69, 9.17) is 33.2 Å². The van der Waals surface area contributed by atoms with Crippen molar-refractivity contribution in [2.24, 2.45) is 5.11 Å². The molecule has 1 saturated heterocycles. The standard InChI is InChI=1S/C51H59N5O10/c1-36(57)54-43(28-53-56-52)47(62-31-40-22-12-5-13-23-40)48(44(59)34-60-29-38-18-8-3-9-19-38)66-51-46(55-37(2)58)50(64-33-42-26-16-7-17-27-42)49(63-32-41-24-14-6-15-25-41)45(65-51)35-61-30-39-20-10-4-11-21-39/h3-27,43-51,59H,28-35H2,1-2H3,(H,54,57)(H,55,58)/t43-,44+,45+,46+,47+,48+,49+,50+,51-/m0/s1. The van der Waals surface area contributed by atoms with Crippen LogP contribution in [0.1, 0.15) is 41.7 Å². The average Bonchev–Trinajstić information content (AvgIpc) is 3.33. The number of ether oxygens (including phenoxy) is 7. The summed E-state index contributed by atoms with van der Waals surface area (Å²) in [6.45, 7) is 2.96. The second-order valence-corrected chi connectivity index (χ2v) is 15.9. The van der Waals surface area contributed by atoms with Crippen molar-refractivity contribution in [3.8, 4) is 0 Å². The Morgan fingerprint density at radius 2 is 1.12 bits per heavy atom. The van der Waals surface area contributed by atoms with Crippen LogP contribution in [0.2, 0.25) is 0 Å². The summed E-state index contributed by atoms with van der Waals surface area (Å²) in [4.78, 5) is 29.1. The van der Waals surface area contributed by atoms with E-state index in [2.05, 4.69) is 20.7 Å². The van der Waals surface area contributed by atoms with Crippen LogP contribution in [-0.2, 0) is 75.8 Å². The third-order valence-electron chi connectivity index (χ3n) is 10.8. The first kappa shape index (κ1) is 49.5. The highest BCUT2D eigenvalue weighted by Gasteiger charge is 2.51. The van der Waals surface area contributed by atoms with Crippen LogP contribution in [0.15, 0.2) is 157 Å². The Labute approximate surface area is 385 Å². The van der Waals surface area contributed by atoms with Crippen LogP contribution in [0.25, 0.3) is 10.4 Å². The molecule has 1 fully saturated rings. The maximum atomic E-state index is 13.3. The number of rotatable bonds is 26. The predicted molar refractivity (Wildman–Crippen MR) is 246 cm³/mol. The van der Waals surface area contributed by atoms with Gasteiger partial charge in [0.15, 0.2) is 6.29 Å². The largest absolute Gasteiger partial charge is 0.388 e. The van der Waals surface area contributed by atoms with Crippen LogP contribution in [0.4, 0.5) is 0 Å². The van der Waals surface area contributed by atoms with Gasteiger partial charge in [-0.3, -0.25) is 9.59 Å². The van der Waals surface area contributed by atoms with Gasteiger partial charge in [-0.05, 0) is 33.3 Å². The summed E-state index contributed by atoms with van der Waals surface area (Å²) in [5.74, 6) is -0.853. The fourth-order valence-electron chi connectivity index (χ4n) is 7.67. The smallest absolute Gasteiger partial charge is 0.217 e. The lowest BCUT2D eigenvalue weighted by Crippen LogP contribution is -2.67. The van der Waals surface area contributed by atoms with Crippen molar-refractivity contribution in [2.75, 3.05) is 19.8 Å². The first-order valence-electron chi connectivity index (χ1n) is 22.0. The monoisotopic (exact) mass is 901 g/mol. The molecule has 1 aliphatic heterocycles. The number of hydrogen-bond donors (Lipinski definition) is 3. The van der Waals surface area contributed by atoms with Gasteiger partial charge in [0.05, 0.1) is 52.3 Å². The van der Waals surface area contributed by atoms with Gasteiger partial charge in [0.1, 0.15) is 42.7 Å². The zero-order valence-corrected chi connectivity index (χ0v) is 37.2. The van der Waals surface area contributed by atoms with Gasteiger partial charge < -0.3 is 48.9 Å². The lowest BCUT2D eigenvalue weighted by atomic mass is 9.95. The Morgan fingerprint density at radius 1 is 0.652 bits per heavy atom. The first-order valence-corrected chi connectivity index (χ1v) is 22.0. The van der Waals surface area contributed by atoms with Crippen molar-refractivity contribution in [1.82, 2.24) is 10.6 Å². The molecule has 5 aromatic rings. The van der Waals surface area contributed by atoms with Crippen molar-refractivity contribution in [3.63, 3.8) is 0 Å². The number of nitrogens with zero attached hydrogens (tertiary/aromatic N) is 3. The minimum absolute atomic E-state index is 0.0128. The minimum Gasteiger partial charge on any atom is -0.388 e. The number of aliphatic hydroxyl groups is 1. The van der Waals surface area contributed by atoms with Crippen LogP contribution in [0.3, 0.4) is 0 Å². The van der Waals surface area contributed by atoms with E-state index >= 15 is 0 Å². The fraction of sp³-hybridized carbons (Fsp3) is 0.373. The molecule has 5 aromatic carbocycles. The van der Waals surface area contributed by atoms with Crippen molar-refractivity contribution in [2.45, 2.75) is 102 Å². The number of nitrogens with one attached hydrogen (secondary N) is 2. The quantitative estimate of drug-likeness (QED) is 0.0297. The SMILES string of the molecule is CC(=O)N[C@H]1[C@H](O[C@@H]([C@H](OCc2ccccc2)[C@H](CN=[N+]=[N-])NC(C)=O)[C@H](O)COCc2ccccc2)O[C@H](COCc2ccccc2)[C@@H](OCc2ccccc2)[C@@H]1OCc1ccccc1. The van der Waals surface area contributed by atoms with Crippen LogP contribution >= 0.6 is 0 Å². The third kappa shape index (κ3) is 15.9. The highest BCUT2D eigenvalue weighted by molar-refractivity contribution is 5.73. The van der Waals surface area contributed by atoms with E-state index < -0.39 is 66.8 Å². The number of carbonyl (C=O) groups excluding carboxylic acids is 2. The molecule has 0 aromatic heterocycles. The molecule has 0 bridgehead atoms. The molecule has 2 amide bonds. The van der Waals surface area contributed by atoms with Gasteiger partial charge in [-0.15, -0.1) is 0 Å². The summed E-state index contributed by atoms with van der Waals surface area (Å²) in [6, 6.07) is 45.7. The summed E-state index contributed by atoms with van der Waals surface area (Å²) in [6.07, 6.45) is -7.97. The van der Waals surface area contributed by atoms with E-state index in [0.717, 1.165) is 27.8 Å². The Bertz CT molecular complexity index is 2200. The van der Waals surface area contributed by atoms with E-state index in [1.165, 1.54) is 13.8 Å². The zero-order chi connectivity index (χ0) is 46.4. The van der Waals surface area contributed by atoms with Crippen LogP contribution in [0, 0.1) is 0 Å². The number of azide groups is 1. The lowest BCUT2D eigenvalue weighted by molar-refractivity contribution is -0.316. The van der Waals surface area contributed by atoms with Gasteiger partial charge in [-0.25, -0.2) is 0 Å². The van der Waals surface area contributed by atoms with Crippen LogP contribution < -0.4 is 10.6 Å². The highest BCUT2D eigenvalue weighted by atomic mass is 16.7. The normalized spacial score (nSPS) is 20.0. The Hall–Kier alpha value is -5.97. The summed E-state index contributed by atoms with van der Waals surface area (Å²) >= 11 is 0. The lowest BCUT2D eigenvalue weighted by Gasteiger charge is -2.48. The number of aliphatic hydroxyl groups excluding tert-OH is 1. The molecule has 3 N–H and O–H groups in total. The molecule has 0 unspecified atom stereocenters. The molecule has 0 radical (unpaired) electrons. The van der Waals surface area contributed by atoms with Gasteiger partial charge in [-0.1, -0.05) is 157 Å². The molecular weight excluding hydrogens is 843 g/mol. The molecule has 348 valence electrons. The highest BCUT2D eigenvalue weighted by Crippen LogP contribution is 2.32. The van der Waals surface area contributed by atoms with Gasteiger partial charge in [0, 0.05) is 25.3 Å². The summed E-state index contributed by atoms with van der Waals surface area (Å²) < 4.78 is 46.4. The topological polar surface area (TPSA) is 192 Å². The molecular formula is C51H59N5O10. The molecule has 1 aliphatic rings. The first-order chi connectivity index (χ1) is 32.3. The molecule has 15 nitrogen and oxygen atoms in total. The average molecular weight is 902 g/mol. The van der Waals surface area contributed by atoms with Crippen molar-refractivity contribution >= 4 is 11.8 Å². The van der Waals surface area contributed by atoms with Crippen molar-refractivity contribution < 1.29 is 47.9 Å². The molecule has 0 spiro atoms. The van der Waals surface area contributed by atoms with E-state index in [-0.39, 0.29) is 52.8 Å². The predicted octanol–water partition coefficient (Wildman–Crippen LogP) is 6.97. The molecule has 1 heterocycles. The van der Waals surface area contributed by atoms with Gasteiger partial charge in [0.2, 0.25) is 11.8 Å². The second-order valence-electron chi connectivity index (χ2n) is 15.9. The zero-order valence-electron chi connectivity index (χ0n) is 37.2. The maximum Gasteiger partial charge on any atom is 0.217 e. The second kappa shape index (κ2) is 26.9. The molecule has 0 saturated carbocycles. The van der Waals surface area contributed by atoms with Gasteiger partial charge in [0.25, 0.3) is 0 Å². The van der Waals surface area contributed by atoms with E-state index in [1.54, 1.807) is 0 Å². The van der Waals surface area contributed by atoms with E-state index in [0.29, 0.717) is 0 Å². The van der Waals surface area contributed by atoms with Crippen LogP contribution in [-0.4, -0.2) is 91.7 Å². The van der Waals surface area contributed by atoms with Crippen molar-refractivity contribution in [3.05, 3.63) is 190 Å². The summed E-state index contributed by atoms with van der Waals surface area (Å²) in [5.41, 5.74) is 13.8. The number of amides is 2. The Morgan fingerprint density at radius 3 is 1.61 bits per heavy atom. The molecule has 15 heteroatoms. The van der Waals surface area contributed by atoms with Crippen molar-refractivity contribution in [1.29, 1.82) is 0 Å². The van der Waals surface area contributed by atoms with E-state index in [1.807, 2.05) is 152 Å². The summed E-state index contributed by atoms with van der Waals surface area (Å²) in [7, 11) is 0. The third-order valence-corrected chi connectivity index (χ3v) is 10.8. The fourth-order valence-corrected chi connectivity index (χ4v) is 7.67. The van der Waals surface area contributed by atoms with Gasteiger partial charge >= 0.3 is 0 Å². The Kier molecular flexibility index (Phi) is 20.1. The molecule has 66 heavy (non-hydrogen) atoms. The number of benzene rings is 5. The molecule has 0 aliphatic carbocycles. The number of carbonyl (C=O) groups is 2. The number of hydrogen-bond acceptors (Lipinski definition) is 11. The minimum atomic E-state index is -1.44. The maximum absolute atomic E-state index is 13.3. The molecule has 9 atom stereocenters. The Balaban J connectivity index is 1.41. The molecule has 6 rings (SSSR count). The van der Waals surface area contributed by atoms with Gasteiger partial charge in [-0.2, -0.15) is 0 Å². The van der Waals surface area contributed by atoms with E-state index in [9.17, 15) is 20.2 Å².